The molecule has 1 amide bonds. The predicted molar refractivity (Wildman–Crippen MR) is 101 cm³/mol. The lowest BCUT2D eigenvalue weighted by Gasteiger charge is -2.14. The Bertz CT molecular complexity index is 780. The Morgan fingerprint density at radius 2 is 2.04 bits per heavy atom. The zero-order valence-electron chi connectivity index (χ0n) is 13.8. The van der Waals surface area contributed by atoms with Crippen LogP contribution >= 0.6 is 35.8 Å². The Labute approximate surface area is 166 Å². The van der Waals surface area contributed by atoms with E-state index in [0.717, 1.165) is 0 Å². The van der Waals surface area contributed by atoms with Gasteiger partial charge in [-0.25, -0.2) is 4.79 Å². The standard InChI is InChI=1S/C17H17Cl2NO5S/c1-2-23-17(22)12(9-26)20-16(21)14-7-6-10(25-14)8-24-13-5-3-4-11(18)15(13)19/h3-7,12,26H,2,8-9H2,1H3,(H,20,21)/t12-/m0/s1. The van der Waals surface area contributed by atoms with Crippen LogP contribution in [0.2, 0.25) is 10.0 Å². The number of nitrogens with one attached hydrogen (secondary N) is 1. The average Bonchev–Trinajstić information content (AvgIpc) is 3.10. The average molecular weight is 418 g/mol. The summed E-state index contributed by atoms with van der Waals surface area (Å²) in [5.74, 6) is -0.152. The molecule has 0 spiro atoms. The lowest BCUT2D eigenvalue weighted by Crippen LogP contribution is -2.43. The number of carbonyl (C=O) groups excluding carboxylic acids is 2. The Hall–Kier alpha value is -1.83. The second-order valence-electron chi connectivity index (χ2n) is 5.07. The highest BCUT2D eigenvalue weighted by atomic mass is 35.5. The molecule has 0 aliphatic rings. The molecule has 0 radical (unpaired) electrons. The molecule has 0 fully saturated rings. The van der Waals surface area contributed by atoms with E-state index in [4.69, 9.17) is 37.1 Å². The first-order valence-electron chi connectivity index (χ1n) is 7.70. The van der Waals surface area contributed by atoms with E-state index >= 15 is 0 Å². The molecule has 1 aromatic carbocycles. The normalized spacial score (nSPS) is 11.7. The van der Waals surface area contributed by atoms with Gasteiger partial charge in [0, 0.05) is 5.75 Å². The summed E-state index contributed by atoms with van der Waals surface area (Å²) in [6, 6.07) is 7.23. The number of amides is 1. The number of thiol groups is 1. The number of carbonyl (C=O) groups is 2. The molecule has 0 saturated heterocycles. The molecule has 2 aromatic rings. The van der Waals surface area contributed by atoms with Crippen molar-refractivity contribution < 1.29 is 23.5 Å². The number of benzene rings is 1. The first-order valence-corrected chi connectivity index (χ1v) is 9.09. The number of ether oxygens (including phenoxy) is 2. The number of esters is 1. The first kappa shape index (κ1) is 20.5. The molecule has 0 aliphatic carbocycles. The number of furan rings is 1. The monoisotopic (exact) mass is 417 g/mol. The Kier molecular flexibility index (Phi) is 7.68. The van der Waals surface area contributed by atoms with E-state index in [2.05, 4.69) is 17.9 Å². The number of rotatable bonds is 8. The van der Waals surface area contributed by atoms with Gasteiger partial charge in [0.1, 0.15) is 29.2 Å². The molecule has 0 saturated carbocycles. The van der Waals surface area contributed by atoms with Crippen LogP contribution in [0, 0.1) is 0 Å². The Morgan fingerprint density at radius 3 is 2.73 bits per heavy atom. The summed E-state index contributed by atoms with van der Waals surface area (Å²) in [4.78, 5) is 23.9. The third kappa shape index (κ3) is 5.33. The molecule has 0 bridgehead atoms. The predicted octanol–water partition coefficient (Wildman–Crippen LogP) is 3.76. The van der Waals surface area contributed by atoms with Crippen LogP contribution < -0.4 is 10.1 Å². The molecular weight excluding hydrogens is 401 g/mol. The summed E-state index contributed by atoms with van der Waals surface area (Å²) in [5.41, 5.74) is 0. The lowest BCUT2D eigenvalue weighted by atomic mass is 10.3. The summed E-state index contributed by atoms with van der Waals surface area (Å²) in [7, 11) is 0. The van der Waals surface area contributed by atoms with Gasteiger partial charge in [0.15, 0.2) is 5.76 Å². The minimum atomic E-state index is -0.860. The molecule has 0 aliphatic heterocycles. The van der Waals surface area contributed by atoms with Crippen molar-refractivity contribution in [1.82, 2.24) is 5.32 Å². The van der Waals surface area contributed by atoms with Gasteiger partial charge in [-0.1, -0.05) is 29.3 Å². The highest BCUT2D eigenvalue weighted by molar-refractivity contribution is 7.80. The molecule has 6 nitrogen and oxygen atoms in total. The topological polar surface area (TPSA) is 77.8 Å². The van der Waals surface area contributed by atoms with Gasteiger partial charge in [0.05, 0.1) is 11.6 Å². The van der Waals surface area contributed by atoms with E-state index in [1.165, 1.54) is 6.07 Å². The van der Waals surface area contributed by atoms with Gasteiger partial charge in [-0.15, -0.1) is 0 Å². The summed E-state index contributed by atoms with van der Waals surface area (Å²) < 4.78 is 15.8. The van der Waals surface area contributed by atoms with Gasteiger partial charge in [-0.2, -0.15) is 12.6 Å². The minimum Gasteiger partial charge on any atom is -0.484 e. The molecule has 2 rings (SSSR count). The maximum absolute atomic E-state index is 12.2. The highest BCUT2D eigenvalue weighted by Gasteiger charge is 2.22. The van der Waals surface area contributed by atoms with E-state index in [1.807, 2.05) is 0 Å². The quantitative estimate of drug-likeness (QED) is 0.504. The zero-order chi connectivity index (χ0) is 19.1. The van der Waals surface area contributed by atoms with Crippen LogP contribution in [0.25, 0.3) is 0 Å². The fraction of sp³-hybridized carbons (Fsp3) is 0.294. The minimum absolute atomic E-state index is 0.0388. The zero-order valence-corrected chi connectivity index (χ0v) is 16.2. The fourth-order valence-corrected chi connectivity index (χ4v) is 2.56. The van der Waals surface area contributed by atoms with Crippen LogP contribution in [-0.2, 0) is 16.1 Å². The molecule has 1 N–H and O–H groups in total. The van der Waals surface area contributed by atoms with E-state index in [-0.39, 0.29) is 24.7 Å². The maximum atomic E-state index is 12.2. The molecule has 0 unspecified atom stereocenters. The van der Waals surface area contributed by atoms with Crippen molar-refractivity contribution in [3.05, 3.63) is 51.9 Å². The van der Waals surface area contributed by atoms with Crippen molar-refractivity contribution in [3.8, 4) is 5.75 Å². The summed E-state index contributed by atoms with van der Waals surface area (Å²) >= 11 is 16.0. The molecule has 140 valence electrons. The third-order valence-electron chi connectivity index (χ3n) is 3.23. The van der Waals surface area contributed by atoms with Crippen LogP contribution in [0.15, 0.2) is 34.7 Å². The largest absolute Gasteiger partial charge is 0.484 e. The van der Waals surface area contributed by atoms with Gasteiger partial charge in [-0.3, -0.25) is 4.79 Å². The van der Waals surface area contributed by atoms with Crippen LogP contribution in [0.1, 0.15) is 23.2 Å². The van der Waals surface area contributed by atoms with Crippen molar-refractivity contribution in [3.63, 3.8) is 0 Å². The van der Waals surface area contributed by atoms with Crippen molar-refractivity contribution in [2.45, 2.75) is 19.6 Å². The van der Waals surface area contributed by atoms with Gasteiger partial charge in [0.2, 0.25) is 0 Å². The lowest BCUT2D eigenvalue weighted by molar-refractivity contribution is -0.144. The smallest absolute Gasteiger partial charge is 0.329 e. The summed E-state index contributed by atoms with van der Waals surface area (Å²) in [6.07, 6.45) is 0. The highest BCUT2D eigenvalue weighted by Crippen LogP contribution is 2.32. The number of halogens is 2. The molecule has 1 aromatic heterocycles. The second kappa shape index (κ2) is 9.75. The molecule has 1 atom stereocenters. The summed E-state index contributed by atoms with van der Waals surface area (Å²) in [6.45, 7) is 1.95. The molecule has 26 heavy (non-hydrogen) atoms. The van der Waals surface area contributed by atoms with Gasteiger partial charge < -0.3 is 19.2 Å². The van der Waals surface area contributed by atoms with Crippen molar-refractivity contribution in [2.75, 3.05) is 12.4 Å². The van der Waals surface area contributed by atoms with Crippen LogP contribution in [0.3, 0.4) is 0 Å². The van der Waals surface area contributed by atoms with E-state index in [0.29, 0.717) is 21.6 Å². The maximum Gasteiger partial charge on any atom is 0.329 e. The van der Waals surface area contributed by atoms with E-state index < -0.39 is 17.9 Å². The van der Waals surface area contributed by atoms with Gasteiger partial charge >= 0.3 is 5.97 Å². The van der Waals surface area contributed by atoms with Crippen molar-refractivity contribution in [2.24, 2.45) is 0 Å². The van der Waals surface area contributed by atoms with E-state index in [9.17, 15) is 9.59 Å². The van der Waals surface area contributed by atoms with Crippen molar-refractivity contribution in [1.29, 1.82) is 0 Å². The number of hydrogen-bond donors (Lipinski definition) is 2. The van der Waals surface area contributed by atoms with Crippen molar-refractivity contribution >= 4 is 47.7 Å². The van der Waals surface area contributed by atoms with Gasteiger partial charge in [0.25, 0.3) is 5.91 Å². The van der Waals surface area contributed by atoms with Crippen LogP contribution in [0.4, 0.5) is 0 Å². The van der Waals surface area contributed by atoms with Crippen LogP contribution in [-0.4, -0.2) is 30.3 Å². The molecular formula is C17H17Cl2NO5S. The number of hydrogen-bond acceptors (Lipinski definition) is 6. The Morgan fingerprint density at radius 1 is 1.27 bits per heavy atom. The van der Waals surface area contributed by atoms with E-state index in [1.54, 1.807) is 31.2 Å². The third-order valence-corrected chi connectivity index (χ3v) is 4.40. The summed E-state index contributed by atoms with van der Waals surface area (Å²) in [5, 5.41) is 3.18. The van der Waals surface area contributed by atoms with Gasteiger partial charge in [-0.05, 0) is 31.2 Å². The SMILES string of the molecule is CCOC(=O)[C@H](CS)NC(=O)c1ccc(COc2cccc(Cl)c2Cl)o1. The molecule has 9 heteroatoms. The Balaban J connectivity index is 1.97. The fourth-order valence-electron chi connectivity index (χ4n) is 1.97. The first-order chi connectivity index (χ1) is 12.5. The van der Waals surface area contributed by atoms with Crippen LogP contribution in [0.5, 0.6) is 5.75 Å². The second-order valence-corrected chi connectivity index (χ2v) is 6.22. The molecule has 1 heterocycles.